The average Bonchev–Trinajstić information content (AvgIpc) is 3.26. The van der Waals surface area contributed by atoms with Crippen LogP contribution in [0.25, 0.3) is 0 Å². The molecule has 0 aromatic heterocycles. The Labute approximate surface area is 389 Å². The molecule has 0 amide bonds. The summed E-state index contributed by atoms with van der Waals surface area (Å²) in [4.78, 5) is 25.5. The lowest BCUT2D eigenvalue weighted by molar-refractivity contribution is -0.297. The summed E-state index contributed by atoms with van der Waals surface area (Å²) in [6.45, 7) is 3.78. The fourth-order valence-corrected chi connectivity index (χ4v) is 8.65. The number of hydrogen-bond acceptors (Lipinski definition) is 11. The number of allylic oxidation sites excluding steroid dienone is 4. The maximum Gasteiger partial charge on any atom is 0.306 e. The molecule has 0 bridgehead atoms. The van der Waals surface area contributed by atoms with Gasteiger partial charge in [0.2, 0.25) is 0 Å². The van der Waals surface area contributed by atoms with Gasteiger partial charge in [0.05, 0.1) is 6.61 Å². The van der Waals surface area contributed by atoms with Gasteiger partial charge in [-0.3, -0.25) is 14.1 Å². The van der Waals surface area contributed by atoms with Gasteiger partial charge in [-0.2, -0.15) is 8.42 Å². The van der Waals surface area contributed by atoms with Crippen molar-refractivity contribution >= 4 is 22.1 Å². The summed E-state index contributed by atoms with van der Waals surface area (Å²) in [7, 11) is -4.60. The minimum absolute atomic E-state index is 0.161. The van der Waals surface area contributed by atoms with Gasteiger partial charge in [0.1, 0.15) is 36.8 Å². The molecule has 6 atom stereocenters. The van der Waals surface area contributed by atoms with Gasteiger partial charge < -0.3 is 34.3 Å². The third-order valence-electron chi connectivity index (χ3n) is 12.0. The van der Waals surface area contributed by atoms with Crippen molar-refractivity contribution in [3.05, 3.63) is 24.3 Å². The summed E-state index contributed by atoms with van der Waals surface area (Å²) in [5.74, 6) is -1.98. The monoisotopic (exact) mass is 931 g/mol. The number of aliphatic hydroxyl groups is 3. The summed E-state index contributed by atoms with van der Waals surface area (Å²) >= 11 is 0. The van der Waals surface area contributed by atoms with E-state index < -0.39 is 71.2 Å². The van der Waals surface area contributed by atoms with Crippen LogP contribution >= 0.6 is 0 Å². The molecule has 6 unspecified atom stereocenters. The lowest BCUT2D eigenvalue weighted by Crippen LogP contribution is -2.60. The molecule has 1 aliphatic rings. The molecule has 1 heterocycles. The molecule has 0 spiro atoms. The zero-order valence-electron chi connectivity index (χ0n) is 40.4. The van der Waals surface area contributed by atoms with Gasteiger partial charge in [0, 0.05) is 12.8 Å². The number of rotatable bonds is 44. The summed E-state index contributed by atoms with van der Waals surface area (Å²) in [5, 5.41) is 31.0. The van der Waals surface area contributed by atoms with E-state index in [1.54, 1.807) is 0 Å². The Morgan fingerprint density at radius 2 is 0.891 bits per heavy atom. The van der Waals surface area contributed by atoms with Crippen LogP contribution in [-0.2, 0) is 38.7 Å². The van der Waals surface area contributed by atoms with Crippen LogP contribution in [0.2, 0.25) is 0 Å². The summed E-state index contributed by atoms with van der Waals surface area (Å²) < 4.78 is 54.2. The highest BCUT2D eigenvalue weighted by atomic mass is 32.2. The van der Waals surface area contributed by atoms with Crippen LogP contribution in [0.1, 0.15) is 232 Å². The molecule has 0 aliphatic carbocycles. The highest BCUT2D eigenvalue weighted by Gasteiger charge is 2.46. The smallest absolute Gasteiger partial charge is 0.306 e. The zero-order valence-corrected chi connectivity index (χ0v) is 41.2. The van der Waals surface area contributed by atoms with Crippen molar-refractivity contribution < 1.29 is 56.8 Å². The van der Waals surface area contributed by atoms with E-state index in [1.165, 1.54) is 135 Å². The minimum Gasteiger partial charge on any atom is -0.462 e. The Kier molecular flexibility index (Phi) is 38.8. The largest absolute Gasteiger partial charge is 0.462 e. The normalized spacial score (nSPS) is 19.8. The lowest BCUT2D eigenvalue weighted by Gasteiger charge is -2.40. The molecule has 0 aromatic carbocycles. The van der Waals surface area contributed by atoms with Gasteiger partial charge in [0.15, 0.2) is 12.4 Å². The standard InChI is InChI=1S/C51H94O12S/c1-3-5-7-9-11-13-15-17-19-21-23-25-27-29-31-33-35-37-39-46(52)60-41-44(42-61-51-50(56)49(55)48(54)45(63-51)43-64(57,58)59)62-47(53)40-38-36-34-32-30-28-26-24-22-20-18-16-14-12-10-8-6-4-2/h19-22,44-45,48-51,54-56H,3-18,23-43H2,1-2H3,(H,57,58,59)/b21-19-,22-20-. The first-order valence-electron chi connectivity index (χ1n) is 25.9. The van der Waals surface area contributed by atoms with Gasteiger partial charge in [-0.1, -0.05) is 179 Å². The fourth-order valence-electron chi connectivity index (χ4n) is 7.96. The van der Waals surface area contributed by atoms with Crippen LogP contribution in [0.5, 0.6) is 0 Å². The molecule has 13 heteroatoms. The molecular formula is C51H94O12S. The number of unbranched alkanes of at least 4 members (excludes halogenated alkanes) is 28. The number of carbonyl (C=O) groups is 2. The van der Waals surface area contributed by atoms with Crippen molar-refractivity contribution in [2.45, 2.75) is 269 Å². The van der Waals surface area contributed by atoms with Crippen LogP contribution in [0.15, 0.2) is 24.3 Å². The van der Waals surface area contributed by atoms with Gasteiger partial charge in [-0.15, -0.1) is 0 Å². The van der Waals surface area contributed by atoms with Crippen molar-refractivity contribution in [1.29, 1.82) is 0 Å². The molecule has 376 valence electrons. The molecule has 1 fully saturated rings. The SMILES string of the molecule is CCCCCCCCC/C=C\CCCCCCCCCC(=O)OCC(COC1OC(CS(=O)(=O)O)C(O)C(O)C1O)OC(=O)CCCCCCCCC/C=C\CCCCCCCCC. The second-order valence-corrected chi connectivity index (χ2v) is 19.7. The molecule has 1 saturated heterocycles. The summed E-state index contributed by atoms with van der Waals surface area (Å²) in [6.07, 6.45) is 37.8. The molecule has 0 radical (unpaired) electrons. The minimum atomic E-state index is -4.60. The first-order chi connectivity index (χ1) is 31.0. The molecule has 0 aromatic rings. The van der Waals surface area contributed by atoms with Crippen molar-refractivity contribution in [2.24, 2.45) is 0 Å². The van der Waals surface area contributed by atoms with E-state index in [0.29, 0.717) is 12.8 Å². The fraction of sp³-hybridized carbons (Fsp3) is 0.882. The summed E-state index contributed by atoms with van der Waals surface area (Å²) in [6, 6.07) is 0. The average molecular weight is 931 g/mol. The second kappa shape index (κ2) is 41.3. The van der Waals surface area contributed by atoms with E-state index in [2.05, 4.69) is 38.2 Å². The number of hydrogen-bond donors (Lipinski definition) is 4. The Bertz CT molecular complexity index is 1270. The van der Waals surface area contributed by atoms with Crippen LogP contribution in [0.4, 0.5) is 0 Å². The highest BCUT2D eigenvalue weighted by molar-refractivity contribution is 7.85. The summed E-state index contributed by atoms with van der Waals surface area (Å²) in [5.41, 5.74) is 0. The Morgan fingerprint density at radius 1 is 0.516 bits per heavy atom. The van der Waals surface area contributed by atoms with Crippen LogP contribution in [-0.4, -0.2) is 96.0 Å². The number of carbonyl (C=O) groups excluding carboxylic acids is 2. The molecule has 4 N–H and O–H groups in total. The number of aliphatic hydroxyl groups excluding tert-OH is 3. The quantitative estimate of drug-likeness (QED) is 0.0196. The van der Waals surface area contributed by atoms with E-state index >= 15 is 0 Å². The number of ether oxygens (including phenoxy) is 4. The Balaban J connectivity index is 2.38. The Morgan fingerprint density at radius 3 is 1.30 bits per heavy atom. The maximum atomic E-state index is 12.9. The number of esters is 2. The molecule has 12 nitrogen and oxygen atoms in total. The van der Waals surface area contributed by atoms with Crippen LogP contribution < -0.4 is 0 Å². The zero-order chi connectivity index (χ0) is 46.9. The highest BCUT2D eigenvalue weighted by Crippen LogP contribution is 2.24. The van der Waals surface area contributed by atoms with Gasteiger partial charge in [0.25, 0.3) is 10.1 Å². The predicted octanol–water partition coefficient (Wildman–Crippen LogP) is 11.6. The van der Waals surface area contributed by atoms with E-state index in [-0.39, 0.29) is 19.4 Å². The van der Waals surface area contributed by atoms with Crippen molar-refractivity contribution in [1.82, 2.24) is 0 Å². The van der Waals surface area contributed by atoms with E-state index in [0.717, 1.165) is 57.8 Å². The van der Waals surface area contributed by atoms with Crippen molar-refractivity contribution in [3.8, 4) is 0 Å². The first-order valence-corrected chi connectivity index (χ1v) is 27.5. The van der Waals surface area contributed by atoms with E-state index in [4.69, 9.17) is 18.9 Å². The third kappa shape index (κ3) is 35.3. The molecule has 0 saturated carbocycles. The second-order valence-electron chi connectivity index (χ2n) is 18.2. The van der Waals surface area contributed by atoms with Crippen LogP contribution in [0, 0.1) is 0 Å². The maximum absolute atomic E-state index is 12.9. The van der Waals surface area contributed by atoms with Gasteiger partial charge in [-0.25, -0.2) is 0 Å². The van der Waals surface area contributed by atoms with Gasteiger partial charge >= 0.3 is 11.9 Å². The van der Waals surface area contributed by atoms with Crippen LogP contribution in [0.3, 0.4) is 0 Å². The molecule has 1 rings (SSSR count). The third-order valence-corrected chi connectivity index (χ3v) is 12.8. The molecule has 64 heavy (non-hydrogen) atoms. The van der Waals surface area contributed by atoms with Gasteiger partial charge in [-0.05, 0) is 64.2 Å². The van der Waals surface area contributed by atoms with E-state index in [9.17, 15) is 37.9 Å². The van der Waals surface area contributed by atoms with Crippen molar-refractivity contribution in [2.75, 3.05) is 19.0 Å². The lowest BCUT2D eigenvalue weighted by atomic mass is 10.00. The molecular weight excluding hydrogens is 837 g/mol. The predicted molar refractivity (Wildman–Crippen MR) is 256 cm³/mol. The van der Waals surface area contributed by atoms with E-state index in [1.807, 2.05) is 0 Å². The van der Waals surface area contributed by atoms with Crippen molar-refractivity contribution in [3.63, 3.8) is 0 Å². The molecule has 1 aliphatic heterocycles. The Hall–Kier alpha value is -1.87. The topological polar surface area (TPSA) is 186 Å². The first kappa shape index (κ1) is 60.1.